The van der Waals surface area contributed by atoms with Crippen molar-refractivity contribution in [1.29, 1.82) is 0 Å². The summed E-state index contributed by atoms with van der Waals surface area (Å²) in [6, 6.07) is 10.4. The molecule has 1 atom stereocenters. The van der Waals surface area contributed by atoms with Crippen LogP contribution in [0.3, 0.4) is 0 Å². The van der Waals surface area contributed by atoms with Gasteiger partial charge in [-0.3, -0.25) is 0 Å². The first-order valence-electron chi connectivity index (χ1n) is 8.15. The minimum Gasteiger partial charge on any atom is -0.459 e. The van der Waals surface area contributed by atoms with Crippen LogP contribution >= 0.6 is 0 Å². The first-order chi connectivity index (χ1) is 11.8. The zero-order valence-corrected chi connectivity index (χ0v) is 13.1. The molecule has 0 spiro atoms. The SMILES string of the molecule is Fc1ccc([C@H](NCc2nnc(-c3ccco3)o2)C2CCC2)cc1. The van der Waals surface area contributed by atoms with Gasteiger partial charge >= 0.3 is 0 Å². The van der Waals surface area contributed by atoms with Gasteiger partial charge in [-0.2, -0.15) is 0 Å². The summed E-state index contributed by atoms with van der Waals surface area (Å²) in [5, 5.41) is 11.5. The summed E-state index contributed by atoms with van der Waals surface area (Å²) in [5.74, 6) is 1.78. The molecule has 2 heterocycles. The third-order valence-electron chi connectivity index (χ3n) is 4.52. The molecule has 124 valence electrons. The van der Waals surface area contributed by atoms with Crippen molar-refractivity contribution in [2.45, 2.75) is 31.8 Å². The van der Waals surface area contributed by atoms with Crippen LogP contribution in [0.1, 0.15) is 36.8 Å². The van der Waals surface area contributed by atoms with Gasteiger partial charge in [-0.15, -0.1) is 10.2 Å². The summed E-state index contributed by atoms with van der Waals surface area (Å²) in [6.45, 7) is 0.465. The minimum absolute atomic E-state index is 0.165. The monoisotopic (exact) mass is 327 g/mol. The van der Waals surface area contributed by atoms with Crippen LogP contribution in [0.2, 0.25) is 0 Å². The predicted molar refractivity (Wildman–Crippen MR) is 85.3 cm³/mol. The normalized spacial score (nSPS) is 16.0. The maximum Gasteiger partial charge on any atom is 0.283 e. The fourth-order valence-electron chi connectivity index (χ4n) is 3.02. The van der Waals surface area contributed by atoms with E-state index in [1.807, 2.05) is 12.1 Å². The predicted octanol–water partition coefficient (Wildman–Crippen LogP) is 4.10. The molecule has 0 radical (unpaired) electrons. The number of aromatic nitrogens is 2. The average molecular weight is 327 g/mol. The Balaban J connectivity index is 1.46. The van der Waals surface area contributed by atoms with Gasteiger partial charge in [0.25, 0.3) is 5.89 Å². The van der Waals surface area contributed by atoms with Crippen molar-refractivity contribution in [3.05, 3.63) is 59.9 Å². The van der Waals surface area contributed by atoms with Crippen molar-refractivity contribution < 1.29 is 13.2 Å². The van der Waals surface area contributed by atoms with Gasteiger partial charge in [-0.25, -0.2) is 4.39 Å². The Morgan fingerprint density at radius 1 is 1.17 bits per heavy atom. The second-order valence-corrected chi connectivity index (χ2v) is 6.08. The van der Waals surface area contributed by atoms with E-state index >= 15 is 0 Å². The number of rotatable bonds is 6. The zero-order valence-electron chi connectivity index (χ0n) is 13.1. The largest absolute Gasteiger partial charge is 0.459 e. The Morgan fingerprint density at radius 3 is 2.67 bits per heavy atom. The van der Waals surface area contributed by atoms with Gasteiger partial charge in [0.2, 0.25) is 5.89 Å². The highest BCUT2D eigenvalue weighted by Crippen LogP contribution is 2.38. The van der Waals surface area contributed by atoms with E-state index in [9.17, 15) is 4.39 Å². The van der Waals surface area contributed by atoms with Gasteiger partial charge in [0.1, 0.15) is 5.82 Å². The summed E-state index contributed by atoms with van der Waals surface area (Å²) in [6.07, 6.45) is 5.17. The molecule has 24 heavy (non-hydrogen) atoms. The molecule has 1 aliphatic rings. The van der Waals surface area contributed by atoms with Crippen LogP contribution in [0.5, 0.6) is 0 Å². The Kier molecular flexibility index (Phi) is 4.13. The average Bonchev–Trinajstić information content (AvgIpc) is 3.21. The summed E-state index contributed by atoms with van der Waals surface area (Å²) in [5.41, 5.74) is 1.09. The van der Waals surface area contributed by atoms with Gasteiger partial charge in [0, 0.05) is 6.04 Å². The van der Waals surface area contributed by atoms with E-state index in [0.29, 0.717) is 30.0 Å². The molecule has 0 bridgehead atoms. The Labute approximate surface area is 138 Å². The fourth-order valence-corrected chi connectivity index (χ4v) is 3.02. The standard InChI is InChI=1S/C18H18FN3O2/c19-14-8-6-13(7-9-14)17(12-3-1-4-12)20-11-16-21-22-18(24-16)15-5-2-10-23-15/h2,5-10,12,17,20H,1,3-4,11H2/t17-/m1/s1. The van der Waals surface area contributed by atoms with Gasteiger partial charge < -0.3 is 14.2 Å². The van der Waals surface area contributed by atoms with E-state index in [1.54, 1.807) is 18.4 Å². The summed E-state index contributed by atoms with van der Waals surface area (Å²) in [4.78, 5) is 0. The van der Waals surface area contributed by atoms with Crippen molar-refractivity contribution in [2.75, 3.05) is 0 Å². The Bertz CT molecular complexity index is 779. The lowest BCUT2D eigenvalue weighted by Crippen LogP contribution is -2.32. The molecule has 0 saturated heterocycles. The van der Waals surface area contributed by atoms with E-state index in [4.69, 9.17) is 8.83 Å². The highest BCUT2D eigenvalue weighted by molar-refractivity contribution is 5.42. The van der Waals surface area contributed by atoms with E-state index < -0.39 is 0 Å². The van der Waals surface area contributed by atoms with Crippen LogP contribution in [0, 0.1) is 11.7 Å². The third-order valence-corrected chi connectivity index (χ3v) is 4.52. The van der Waals surface area contributed by atoms with Crippen LogP contribution in [0.4, 0.5) is 4.39 Å². The molecule has 0 amide bonds. The van der Waals surface area contributed by atoms with Crippen LogP contribution in [0.25, 0.3) is 11.7 Å². The molecule has 5 nitrogen and oxygen atoms in total. The maximum atomic E-state index is 13.2. The molecular formula is C18H18FN3O2. The maximum absolute atomic E-state index is 13.2. The molecule has 0 aliphatic heterocycles. The number of nitrogens with zero attached hydrogens (tertiary/aromatic N) is 2. The smallest absolute Gasteiger partial charge is 0.283 e. The molecule has 4 rings (SSSR count). The molecule has 0 unspecified atom stereocenters. The van der Waals surface area contributed by atoms with Crippen molar-refractivity contribution in [2.24, 2.45) is 5.92 Å². The molecular weight excluding hydrogens is 309 g/mol. The molecule has 1 aliphatic carbocycles. The lowest BCUT2D eigenvalue weighted by atomic mass is 9.77. The van der Waals surface area contributed by atoms with Gasteiger partial charge in [-0.1, -0.05) is 18.6 Å². The Morgan fingerprint density at radius 2 is 2.00 bits per heavy atom. The number of halogens is 1. The molecule has 2 aromatic heterocycles. The lowest BCUT2D eigenvalue weighted by Gasteiger charge is -2.34. The highest BCUT2D eigenvalue weighted by Gasteiger charge is 2.28. The van der Waals surface area contributed by atoms with Crippen molar-refractivity contribution in [3.63, 3.8) is 0 Å². The van der Waals surface area contributed by atoms with Crippen LogP contribution in [-0.2, 0) is 6.54 Å². The number of hydrogen-bond acceptors (Lipinski definition) is 5. The minimum atomic E-state index is -0.217. The molecule has 1 fully saturated rings. The summed E-state index contributed by atoms with van der Waals surface area (Å²) >= 11 is 0. The number of nitrogens with one attached hydrogen (secondary N) is 1. The topological polar surface area (TPSA) is 64.1 Å². The molecule has 3 aromatic rings. The molecule has 1 N–H and O–H groups in total. The second-order valence-electron chi connectivity index (χ2n) is 6.08. The van der Waals surface area contributed by atoms with Gasteiger partial charge in [-0.05, 0) is 48.6 Å². The summed E-state index contributed by atoms with van der Waals surface area (Å²) < 4.78 is 24.1. The fraction of sp³-hybridized carbons (Fsp3) is 0.333. The van der Waals surface area contributed by atoms with Crippen molar-refractivity contribution in [3.8, 4) is 11.7 Å². The highest BCUT2D eigenvalue weighted by atomic mass is 19.1. The van der Waals surface area contributed by atoms with Crippen LogP contribution in [-0.4, -0.2) is 10.2 Å². The second kappa shape index (κ2) is 6.57. The van der Waals surface area contributed by atoms with E-state index in [0.717, 1.165) is 5.56 Å². The van der Waals surface area contributed by atoms with E-state index in [-0.39, 0.29) is 11.9 Å². The van der Waals surface area contributed by atoms with Crippen LogP contribution < -0.4 is 5.32 Å². The zero-order chi connectivity index (χ0) is 16.4. The van der Waals surface area contributed by atoms with Crippen LogP contribution in [0.15, 0.2) is 51.5 Å². The van der Waals surface area contributed by atoms with Crippen molar-refractivity contribution >= 4 is 0 Å². The number of benzene rings is 1. The van der Waals surface area contributed by atoms with Gasteiger partial charge in [0.15, 0.2) is 5.76 Å². The van der Waals surface area contributed by atoms with Crippen molar-refractivity contribution in [1.82, 2.24) is 15.5 Å². The third kappa shape index (κ3) is 3.10. The number of hydrogen-bond donors (Lipinski definition) is 1. The van der Waals surface area contributed by atoms with Gasteiger partial charge in [0.05, 0.1) is 12.8 Å². The molecule has 1 saturated carbocycles. The quantitative estimate of drug-likeness (QED) is 0.738. The number of furan rings is 1. The first kappa shape index (κ1) is 15.1. The lowest BCUT2D eigenvalue weighted by molar-refractivity contribution is 0.225. The summed E-state index contributed by atoms with van der Waals surface area (Å²) in [7, 11) is 0. The molecule has 6 heteroatoms. The molecule has 1 aromatic carbocycles. The Hall–Kier alpha value is -2.47. The van der Waals surface area contributed by atoms with E-state index in [2.05, 4.69) is 15.5 Å². The first-order valence-corrected chi connectivity index (χ1v) is 8.15. The van der Waals surface area contributed by atoms with E-state index in [1.165, 1.54) is 31.4 Å².